The molecule has 172 valence electrons. The fraction of sp³-hybridized carbons (Fsp3) is 0.375. The van der Waals surface area contributed by atoms with Crippen LogP contribution in [0.3, 0.4) is 0 Å². The highest BCUT2D eigenvalue weighted by Gasteiger charge is 2.19. The van der Waals surface area contributed by atoms with Crippen LogP contribution in [0, 0.1) is 0 Å². The Morgan fingerprint density at radius 2 is 1.94 bits per heavy atom. The third-order valence-electron chi connectivity index (χ3n) is 5.32. The van der Waals surface area contributed by atoms with Crippen LogP contribution in [0.5, 0.6) is 0 Å². The maximum absolute atomic E-state index is 12.7. The molecule has 1 amide bonds. The van der Waals surface area contributed by atoms with E-state index in [-0.39, 0.29) is 11.9 Å². The van der Waals surface area contributed by atoms with Gasteiger partial charge in [0.15, 0.2) is 0 Å². The van der Waals surface area contributed by atoms with Gasteiger partial charge in [0.25, 0.3) is 5.91 Å². The van der Waals surface area contributed by atoms with E-state index in [1.807, 2.05) is 42.5 Å². The molecule has 8 heteroatoms. The number of halogens is 1. The number of carbonyl (C=O) groups excluding carboxylic acids is 1. The molecule has 7 nitrogen and oxygen atoms in total. The molecular formula is C24H31ClN4O3. The molecule has 1 unspecified atom stereocenters. The summed E-state index contributed by atoms with van der Waals surface area (Å²) in [6, 6.07) is 14.9. The van der Waals surface area contributed by atoms with E-state index >= 15 is 0 Å². The van der Waals surface area contributed by atoms with E-state index in [9.17, 15) is 9.90 Å². The summed E-state index contributed by atoms with van der Waals surface area (Å²) in [7, 11) is 3.45. The van der Waals surface area contributed by atoms with Gasteiger partial charge in [-0.15, -0.1) is 0 Å². The Bertz CT molecular complexity index is 902. The highest BCUT2D eigenvalue weighted by Crippen LogP contribution is 2.16. The lowest BCUT2D eigenvalue weighted by molar-refractivity contribution is 0.0787. The summed E-state index contributed by atoms with van der Waals surface area (Å²) in [5.74, 6) is -0.0175. The predicted octanol–water partition coefficient (Wildman–Crippen LogP) is 2.28. The van der Waals surface area contributed by atoms with Crippen LogP contribution >= 0.6 is 11.6 Å². The van der Waals surface area contributed by atoms with Gasteiger partial charge in [0.1, 0.15) is 0 Å². The normalized spacial score (nSPS) is 16.4. The van der Waals surface area contributed by atoms with E-state index in [0.717, 1.165) is 29.8 Å². The third-order valence-corrected chi connectivity index (χ3v) is 5.57. The molecule has 32 heavy (non-hydrogen) atoms. The van der Waals surface area contributed by atoms with Gasteiger partial charge in [-0.2, -0.15) is 0 Å². The molecular weight excluding hydrogens is 428 g/mol. The Balaban J connectivity index is 1.41. The molecule has 2 aromatic rings. The summed E-state index contributed by atoms with van der Waals surface area (Å²) >= 11 is 5.88. The van der Waals surface area contributed by atoms with Crippen molar-refractivity contribution < 1.29 is 14.6 Å². The van der Waals surface area contributed by atoms with Crippen LogP contribution in [0.1, 0.15) is 27.6 Å². The SMILES string of the molecule is COCC1=CC(CN(C)C(=O)c2ccc(CCNC[C@H](O)c3ccc(Cl)cc3)cc2)NN1. The summed E-state index contributed by atoms with van der Waals surface area (Å²) in [4.78, 5) is 14.4. The molecule has 4 N–H and O–H groups in total. The van der Waals surface area contributed by atoms with Crippen molar-refractivity contribution in [3.05, 3.63) is 82.0 Å². The van der Waals surface area contributed by atoms with Gasteiger partial charge in [-0.1, -0.05) is 35.9 Å². The van der Waals surface area contributed by atoms with Gasteiger partial charge in [0.05, 0.1) is 18.8 Å². The lowest BCUT2D eigenvalue weighted by atomic mass is 10.1. The van der Waals surface area contributed by atoms with Crippen LogP contribution in [0.25, 0.3) is 0 Å². The number of benzene rings is 2. The Morgan fingerprint density at radius 1 is 1.22 bits per heavy atom. The lowest BCUT2D eigenvalue weighted by Crippen LogP contribution is -2.42. The predicted molar refractivity (Wildman–Crippen MR) is 126 cm³/mol. The monoisotopic (exact) mass is 458 g/mol. The van der Waals surface area contributed by atoms with Crippen LogP contribution in [0.15, 0.2) is 60.3 Å². The van der Waals surface area contributed by atoms with Gasteiger partial charge in [-0.05, 0) is 54.4 Å². The molecule has 2 atom stereocenters. The van der Waals surface area contributed by atoms with Gasteiger partial charge in [0.2, 0.25) is 0 Å². The van der Waals surface area contributed by atoms with Crippen LogP contribution < -0.4 is 16.2 Å². The molecule has 3 rings (SSSR count). The minimum absolute atomic E-state index is 0.0175. The number of hydrogen-bond acceptors (Lipinski definition) is 6. The number of likely N-dealkylation sites (N-methyl/N-ethyl adjacent to an activating group) is 1. The van der Waals surface area contributed by atoms with Crippen molar-refractivity contribution in [1.29, 1.82) is 0 Å². The van der Waals surface area contributed by atoms with Gasteiger partial charge in [-0.25, -0.2) is 5.43 Å². The van der Waals surface area contributed by atoms with Crippen molar-refractivity contribution in [2.24, 2.45) is 0 Å². The van der Waals surface area contributed by atoms with Crippen molar-refractivity contribution in [3.8, 4) is 0 Å². The molecule has 2 aromatic carbocycles. The number of carbonyl (C=O) groups is 1. The zero-order valence-electron chi connectivity index (χ0n) is 18.5. The molecule has 0 spiro atoms. The Morgan fingerprint density at radius 3 is 2.62 bits per heavy atom. The van der Waals surface area contributed by atoms with E-state index < -0.39 is 6.10 Å². The van der Waals surface area contributed by atoms with Crippen LogP contribution in [0.4, 0.5) is 0 Å². The summed E-state index contributed by atoms with van der Waals surface area (Å²) in [5.41, 5.74) is 9.80. The van der Waals surface area contributed by atoms with Gasteiger partial charge in [-0.3, -0.25) is 4.79 Å². The molecule has 1 heterocycles. The number of rotatable bonds is 11. The number of hydrazine groups is 1. The first kappa shape index (κ1) is 24.2. The first-order valence-electron chi connectivity index (χ1n) is 10.7. The highest BCUT2D eigenvalue weighted by atomic mass is 35.5. The van der Waals surface area contributed by atoms with Crippen LogP contribution in [-0.4, -0.2) is 62.4 Å². The van der Waals surface area contributed by atoms with Crippen LogP contribution in [-0.2, 0) is 11.2 Å². The maximum atomic E-state index is 12.7. The average Bonchev–Trinajstić information content (AvgIpc) is 3.24. The molecule has 0 fully saturated rings. The fourth-order valence-electron chi connectivity index (χ4n) is 3.54. The molecule has 0 radical (unpaired) electrons. The number of hydrogen-bond donors (Lipinski definition) is 4. The van der Waals surface area contributed by atoms with E-state index in [1.54, 1.807) is 31.2 Å². The zero-order chi connectivity index (χ0) is 22.9. The number of aliphatic hydroxyl groups is 1. The van der Waals surface area contributed by atoms with E-state index in [0.29, 0.717) is 30.3 Å². The fourth-order valence-corrected chi connectivity index (χ4v) is 3.66. The topological polar surface area (TPSA) is 85.9 Å². The zero-order valence-corrected chi connectivity index (χ0v) is 19.2. The molecule has 0 saturated heterocycles. The minimum Gasteiger partial charge on any atom is -0.387 e. The largest absolute Gasteiger partial charge is 0.387 e. The smallest absolute Gasteiger partial charge is 0.253 e. The minimum atomic E-state index is -0.576. The van der Waals surface area contributed by atoms with Crippen LogP contribution in [0.2, 0.25) is 5.02 Å². The molecule has 0 aliphatic carbocycles. The Hall–Kier alpha value is -2.42. The highest BCUT2D eigenvalue weighted by molar-refractivity contribution is 6.30. The number of methoxy groups -OCH3 is 1. The summed E-state index contributed by atoms with van der Waals surface area (Å²) < 4.78 is 5.11. The van der Waals surface area contributed by atoms with Crippen molar-refractivity contribution >= 4 is 17.5 Å². The van der Waals surface area contributed by atoms with Crippen molar-refractivity contribution in [2.75, 3.05) is 40.4 Å². The number of amides is 1. The number of aliphatic hydroxyl groups excluding tert-OH is 1. The van der Waals surface area contributed by atoms with Gasteiger partial charge >= 0.3 is 0 Å². The molecule has 1 aliphatic heterocycles. The van der Waals surface area contributed by atoms with E-state index in [4.69, 9.17) is 16.3 Å². The van der Waals surface area contributed by atoms with Gasteiger partial charge in [0, 0.05) is 43.5 Å². The first-order valence-corrected chi connectivity index (χ1v) is 11.0. The quantitative estimate of drug-likeness (QED) is 0.387. The second-order valence-electron chi connectivity index (χ2n) is 7.90. The molecule has 0 aromatic heterocycles. The summed E-state index contributed by atoms with van der Waals surface area (Å²) in [5, 5.41) is 14.2. The van der Waals surface area contributed by atoms with Gasteiger partial charge < -0.3 is 25.5 Å². The second kappa shape index (κ2) is 12.0. The molecule has 0 saturated carbocycles. The number of ether oxygens (including phenoxy) is 1. The lowest BCUT2D eigenvalue weighted by Gasteiger charge is -2.20. The Kier molecular flexibility index (Phi) is 9.08. The van der Waals surface area contributed by atoms with E-state index in [1.165, 1.54) is 0 Å². The molecule has 1 aliphatic rings. The number of nitrogens with one attached hydrogen (secondary N) is 3. The third kappa shape index (κ3) is 7.05. The van der Waals surface area contributed by atoms with Crippen molar-refractivity contribution in [2.45, 2.75) is 18.6 Å². The maximum Gasteiger partial charge on any atom is 0.253 e. The first-order chi connectivity index (χ1) is 15.5. The molecule has 0 bridgehead atoms. The van der Waals surface area contributed by atoms with E-state index in [2.05, 4.69) is 16.2 Å². The summed E-state index contributed by atoms with van der Waals surface area (Å²) in [6.45, 7) is 2.26. The standard InChI is InChI=1S/C24H31ClN4O3/c1-29(15-21-13-22(16-32-2)28-27-21)24(31)19-5-3-17(4-6-19)11-12-26-14-23(30)18-7-9-20(25)10-8-18/h3-10,13,21,23,26-28,30H,11-12,14-16H2,1-2H3/t21?,23-/m0/s1. The second-order valence-corrected chi connectivity index (χ2v) is 8.34. The average molecular weight is 459 g/mol. The summed E-state index contributed by atoms with van der Waals surface area (Å²) in [6.07, 6.45) is 2.27. The van der Waals surface area contributed by atoms with Crippen molar-refractivity contribution in [3.63, 3.8) is 0 Å². The Labute approximate surface area is 194 Å². The van der Waals surface area contributed by atoms with Crippen molar-refractivity contribution in [1.82, 2.24) is 21.1 Å². The number of nitrogens with zero attached hydrogens (tertiary/aromatic N) is 1.